The quantitative estimate of drug-likeness (QED) is 0.562. The molecule has 0 saturated heterocycles. The Morgan fingerprint density at radius 3 is 2.57 bits per heavy atom. The van der Waals surface area contributed by atoms with Gasteiger partial charge in [0.05, 0.1) is 12.1 Å². The maximum Gasteiger partial charge on any atom is 0.573 e. The number of benzene rings is 2. The van der Waals surface area contributed by atoms with E-state index in [0.717, 1.165) is 5.56 Å². The molecule has 0 aliphatic rings. The van der Waals surface area contributed by atoms with E-state index in [1.54, 1.807) is 31.2 Å². The molecule has 1 atom stereocenters. The summed E-state index contributed by atoms with van der Waals surface area (Å²) >= 11 is 0. The number of alkyl halides is 3. The van der Waals surface area contributed by atoms with Gasteiger partial charge in [-0.3, -0.25) is 4.79 Å². The second kappa shape index (κ2) is 8.95. The van der Waals surface area contributed by atoms with Gasteiger partial charge < -0.3 is 20.5 Å². The first-order chi connectivity index (χ1) is 14.2. The van der Waals surface area contributed by atoms with Crippen molar-refractivity contribution in [3.05, 3.63) is 54.4 Å². The van der Waals surface area contributed by atoms with Crippen molar-refractivity contribution in [2.75, 3.05) is 11.9 Å². The molecule has 0 radical (unpaired) electrons. The molecule has 0 spiro atoms. The number of nitrogens with zero attached hydrogens (tertiary/aromatic N) is 2. The molecule has 3 rings (SSSR count). The number of carbonyl (C=O) groups excluding carboxylic acids is 1. The number of carbonyl (C=O) groups is 1. The summed E-state index contributed by atoms with van der Waals surface area (Å²) in [6.45, 7) is 1.97. The van der Waals surface area contributed by atoms with Crippen molar-refractivity contribution >= 4 is 28.4 Å². The number of halogens is 3. The Labute approximate surface area is 170 Å². The molecule has 2 aromatic carbocycles. The lowest BCUT2D eigenvalue weighted by Gasteiger charge is -2.13. The number of nitrogens with one attached hydrogen (secondary N) is 1. The number of rotatable bonds is 7. The van der Waals surface area contributed by atoms with Crippen LogP contribution in [0.15, 0.2) is 48.8 Å². The minimum Gasteiger partial charge on any atom is -0.465 e. The molecule has 0 aliphatic heterocycles. The Balaban J connectivity index is 1.77. The predicted octanol–water partition coefficient (Wildman–Crippen LogP) is 3.70. The Hall–Kier alpha value is -3.40. The van der Waals surface area contributed by atoms with Crippen LogP contribution in [-0.2, 0) is 16.0 Å². The summed E-state index contributed by atoms with van der Waals surface area (Å²) in [5.74, 6) is -0.510. The molecule has 1 aromatic heterocycles. The van der Waals surface area contributed by atoms with Crippen LogP contribution in [0.25, 0.3) is 10.9 Å². The van der Waals surface area contributed by atoms with E-state index in [1.165, 1.54) is 24.5 Å². The molecule has 1 heterocycles. The molecule has 10 heteroatoms. The zero-order valence-corrected chi connectivity index (χ0v) is 15.9. The third-order valence-electron chi connectivity index (χ3n) is 4.10. The van der Waals surface area contributed by atoms with E-state index < -0.39 is 18.4 Å². The van der Waals surface area contributed by atoms with Crippen LogP contribution in [-0.4, -0.2) is 34.9 Å². The average molecular weight is 420 g/mol. The highest BCUT2D eigenvalue weighted by atomic mass is 19.4. The SMILES string of the molecule is CCOC(=O)C(N)Cc1ccc(Nc2ncnc3ccc(OC(F)(F)F)cc23)cc1. The van der Waals surface area contributed by atoms with Crippen LogP contribution in [0.1, 0.15) is 12.5 Å². The first kappa shape index (κ1) is 21.3. The van der Waals surface area contributed by atoms with Crippen LogP contribution in [0.3, 0.4) is 0 Å². The molecule has 1 unspecified atom stereocenters. The molecule has 0 bridgehead atoms. The number of aromatic nitrogens is 2. The third-order valence-corrected chi connectivity index (χ3v) is 4.10. The van der Waals surface area contributed by atoms with Gasteiger partial charge in [0.1, 0.15) is 23.9 Å². The summed E-state index contributed by atoms with van der Waals surface area (Å²) in [4.78, 5) is 19.8. The summed E-state index contributed by atoms with van der Waals surface area (Å²) in [5.41, 5.74) is 7.75. The summed E-state index contributed by atoms with van der Waals surface area (Å²) in [5, 5.41) is 3.42. The second-order valence-corrected chi connectivity index (χ2v) is 6.33. The van der Waals surface area contributed by atoms with Crippen molar-refractivity contribution in [2.45, 2.75) is 25.7 Å². The van der Waals surface area contributed by atoms with Gasteiger partial charge in [-0.05, 0) is 49.2 Å². The van der Waals surface area contributed by atoms with Crippen LogP contribution in [0.2, 0.25) is 0 Å². The lowest BCUT2D eigenvalue weighted by Crippen LogP contribution is -2.34. The van der Waals surface area contributed by atoms with Gasteiger partial charge in [0, 0.05) is 11.1 Å². The molecule has 0 amide bonds. The highest BCUT2D eigenvalue weighted by Gasteiger charge is 2.31. The van der Waals surface area contributed by atoms with Gasteiger partial charge in [0.25, 0.3) is 0 Å². The summed E-state index contributed by atoms with van der Waals surface area (Å²) in [7, 11) is 0. The maximum atomic E-state index is 12.5. The van der Waals surface area contributed by atoms with Gasteiger partial charge in [0.15, 0.2) is 0 Å². The van der Waals surface area contributed by atoms with Gasteiger partial charge in [-0.2, -0.15) is 0 Å². The van der Waals surface area contributed by atoms with Gasteiger partial charge in [0.2, 0.25) is 0 Å². The third kappa shape index (κ3) is 5.57. The van der Waals surface area contributed by atoms with Gasteiger partial charge in [-0.1, -0.05) is 12.1 Å². The van der Waals surface area contributed by atoms with E-state index in [2.05, 4.69) is 20.0 Å². The van der Waals surface area contributed by atoms with Crippen molar-refractivity contribution < 1.29 is 27.4 Å². The van der Waals surface area contributed by atoms with E-state index in [4.69, 9.17) is 10.5 Å². The van der Waals surface area contributed by atoms with Gasteiger partial charge in [-0.15, -0.1) is 13.2 Å². The van der Waals surface area contributed by atoms with E-state index in [1.807, 2.05) is 0 Å². The van der Waals surface area contributed by atoms with E-state index in [0.29, 0.717) is 28.8 Å². The Morgan fingerprint density at radius 1 is 1.17 bits per heavy atom. The minimum absolute atomic E-state index is 0.262. The zero-order chi connectivity index (χ0) is 21.7. The Morgan fingerprint density at radius 2 is 1.90 bits per heavy atom. The zero-order valence-electron chi connectivity index (χ0n) is 15.9. The van der Waals surface area contributed by atoms with Crippen molar-refractivity contribution in [3.8, 4) is 5.75 Å². The summed E-state index contributed by atoms with van der Waals surface area (Å²) in [6.07, 6.45) is -3.17. The lowest BCUT2D eigenvalue weighted by atomic mass is 10.1. The number of fused-ring (bicyclic) bond motifs is 1. The highest BCUT2D eigenvalue weighted by Crippen LogP contribution is 2.29. The molecule has 7 nitrogen and oxygen atoms in total. The second-order valence-electron chi connectivity index (χ2n) is 6.33. The minimum atomic E-state index is -4.79. The molecule has 0 fully saturated rings. The van der Waals surface area contributed by atoms with Crippen molar-refractivity contribution in [3.63, 3.8) is 0 Å². The van der Waals surface area contributed by atoms with Gasteiger partial charge in [-0.25, -0.2) is 9.97 Å². The first-order valence-electron chi connectivity index (χ1n) is 9.04. The normalized spacial score (nSPS) is 12.4. The molecule has 0 aliphatic carbocycles. The van der Waals surface area contributed by atoms with Crippen LogP contribution in [0.5, 0.6) is 5.75 Å². The Bertz CT molecular complexity index is 1030. The maximum absolute atomic E-state index is 12.5. The van der Waals surface area contributed by atoms with Crippen LogP contribution in [0.4, 0.5) is 24.7 Å². The fraction of sp³-hybridized carbons (Fsp3) is 0.250. The van der Waals surface area contributed by atoms with E-state index >= 15 is 0 Å². The highest BCUT2D eigenvalue weighted by molar-refractivity contribution is 5.91. The van der Waals surface area contributed by atoms with Gasteiger partial charge >= 0.3 is 12.3 Å². The predicted molar refractivity (Wildman–Crippen MR) is 104 cm³/mol. The smallest absolute Gasteiger partial charge is 0.465 e. The van der Waals surface area contributed by atoms with Crippen molar-refractivity contribution in [2.24, 2.45) is 5.73 Å². The Kier molecular flexibility index (Phi) is 6.36. The van der Waals surface area contributed by atoms with Crippen LogP contribution >= 0.6 is 0 Å². The molecule has 0 saturated carbocycles. The number of anilines is 2. The summed E-state index contributed by atoms with van der Waals surface area (Å²) in [6, 6.07) is 10.1. The van der Waals surface area contributed by atoms with Crippen LogP contribution < -0.4 is 15.8 Å². The van der Waals surface area contributed by atoms with Crippen LogP contribution in [0, 0.1) is 0 Å². The number of hydrogen-bond acceptors (Lipinski definition) is 7. The standard InChI is InChI=1S/C20H19F3N4O3/c1-2-29-19(28)16(24)9-12-3-5-13(6-4-12)27-18-15-10-14(30-20(21,22)23)7-8-17(15)25-11-26-18/h3-8,10-11,16H,2,9,24H2,1H3,(H,25,26,27). The number of hydrogen-bond donors (Lipinski definition) is 2. The molecule has 3 N–H and O–H groups in total. The molecule has 3 aromatic rings. The molecular formula is C20H19F3N4O3. The number of esters is 1. The topological polar surface area (TPSA) is 99.4 Å². The number of nitrogens with two attached hydrogens (primary N) is 1. The summed E-state index contributed by atoms with van der Waals surface area (Å²) < 4.78 is 46.4. The fourth-order valence-electron chi connectivity index (χ4n) is 2.78. The monoisotopic (exact) mass is 420 g/mol. The van der Waals surface area contributed by atoms with E-state index in [9.17, 15) is 18.0 Å². The van der Waals surface area contributed by atoms with Crippen molar-refractivity contribution in [1.82, 2.24) is 9.97 Å². The average Bonchev–Trinajstić information content (AvgIpc) is 2.69. The lowest BCUT2D eigenvalue weighted by molar-refractivity contribution is -0.274. The van der Waals surface area contributed by atoms with E-state index in [-0.39, 0.29) is 12.4 Å². The molecule has 158 valence electrons. The number of ether oxygens (including phenoxy) is 2. The molecule has 30 heavy (non-hydrogen) atoms. The fourth-order valence-corrected chi connectivity index (χ4v) is 2.78. The largest absolute Gasteiger partial charge is 0.573 e. The first-order valence-corrected chi connectivity index (χ1v) is 9.04. The van der Waals surface area contributed by atoms with Crippen molar-refractivity contribution in [1.29, 1.82) is 0 Å². The molecular weight excluding hydrogens is 401 g/mol.